The first-order valence-corrected chi connectivity index (χ1v) is 11.7. The van der Waals surface area contributed by atoms with Crippen molar-refractivity contribution in [2.24, 2.45) is 11.3 Å². The number of esters is 1. The van der Waals surface area contributed by atoms with E-state index in [1.54, 1.807) is 0 Å². The van der Waals surface area contributed by atoms with Gasteiger partial charge in [-0.3, -0.25) is 9.69 Å². The van der Waals surface area contributed by atoms with Crippen LogP contribution in [0.5, 0.6) is 0 Å². The van der Waals surface area contributed by atoms with Crippen molar-refractivity contribution in [3.63, 3.8) is 0 Å². The number of nitrogens with one attached hydrogen (secondary N) is 1. The highest BCUT2D eigenvalue weighted by atomic mass is 79.9. The molecule has 3 aliphatic heterocycles. The second kappa shape index (κ2) is 6.43. The van der Waals surface area contributed by atoms with E-state index < -0.39 is 0 Å². The summed E-state index contributed by atoms with van der Waals surface area (Å²) in [6.45, 7) is 3.91. The Hall–Kier alpha value is -0.630. The smallest absolute Gasteiger partial charge is 0.310 e. The largest absolute Gasteiger partial charge is 0.469 e. The number of aliphatic hydroxyl groups is 1. The fraction of sp³-hybridized carbons (Fsp3) is 0.667. The summed E-state index contributed by atoms with van der Waals surface area (Å²) in [6, 6.07) is 4.73. The number of anilines is 1. The molecule has 0 bridgehead atoms. The standard InChI is InChI=1S/C21H26Br2N2O3/c1-3-20-8-11(26)10-25-5-4-21(19(20)25)13-6-14(22)15(23)7-16(13)24-17(21)12(9-20)18(27)28-2/h6-7,11-12,17,19,24,26H,3-5,8-10H2,1-2H3/t11-,12-,17-,19-,20-,21-/m0/s1. The Balaban J connectivity index is 1.74. The van der Waals surface area contributed by atoms with E-state index >= 15 is 0 Å². The van der Waals surface area contributed by atoms with Gasteiger partial charge in [0.1, 0.15) is 0 Å². The number of carbonyl (C=O) groups excluding carboxylic acids is 1. The Kier molecular flexibility index (Phi) is 4.44. The molecule has 28 heavy (non-hydrogen) atoms. The summed E-state index contributed by atoms with van der Waals surface area (Å²) in [7, 11) is 1.49. The fourth-order valence-corrected chi connectivity index (χ4v) is 7.84. The normalized spacial score (nSPS) is 41.0. The molecular formula is C21H26Br2N2O3. The highest BCUT2D eigenvalue weighted by molar-refractivity contribution is 9.13. The van der Waals surface area contributed by atoms with Gasteiger partial charge in [0.2, 0.25) is 0 Å². The molecule has 1 aromatic carbocycles. The molecule has 0 radical (unpaired) electrons. The van der Waals surface area contributed by atoms with Gasteiger partial charge >= 0.3 is 5.97 Å². The lowest BCUT2D eigenvalue weighted by molar-refractivity contribution is -0.156. The number of halogens is 2. The first kappa shape index (κ1) is 19.3. The first-order chi connectivity index (χ1) is 13.4. The Labute approximate surface area is 182 Å². The van der Waals surface area contributed by atoms with E-state index in [1.165, 1.54) is 12.7 Å². The number of benzene rings is 1. The molecule has 2 N–H and O–H groups in total. The van der Waals surface area contributed by atoms with Crippen molar-refractivity contribution in [2.75, 3.05) is 25.5 Å². The minimum atomic E-state index is -0.327. The zero-order chi connectivity index (χ0) is 19.8. The number of rotatable bonds is 2. The van der Waals surface area contributed by atoms with Gasteiger partial charge in [-0.2, -0.15) is 0 Å². The van der Waals surface area contributed by atoms with E-state index in [4.69, 9.17) is 4.74 Å². The van der Waals surface area contributed by atoms with Gasteiger partial charge in [0.05, 0.1) is 25.2 Å². The number of fused-ring (bicyclic) bond motifs is 1. The molecule has 3 fully saturated rings. The molecule has 1 saturated carbocycles. The average Bonchev–Trinajstić information content (AvgIpc) is 3.20. The summed E-state index contributed by atoms with van der Waals surface area (Å²) >= 11 is 7.33. The molecule has 6 atom stereocenters. The molecule has 5 rings (SSSR count). The number of hydrogen-bond donors (Lipinski definition) is 2. The minimum Gasteiger partial charge on any atom is -0.469 e. The Morgan fingerprint density at radius 2 is 2.11 bits per heavy atom. The molecule has 5 nitrogen and oxygen atoms in total. The molecule has 7 heteroatoms. The SMILES string of the molecule is CC[C@]12C[C@H](O)CN3CC[C@@]4(c5cc(Br)c(Br)cc5N[C@H]4[C@@H](C(=O)OC)C1)[C@@H]32. The predicted molar refractivity (Wildman–Crippen MR) is 114 cm³/mol. The second-order valence-corrected chi connectivity index (χ2v) is 10.7. The van der Waals surface area contributed by atoms with E-state index in [0.29, 0.717) is 6.04 Å². The van der Waals surface area contributed by atoms with Crippen LogP contribution >= 0.6 is 31.9 Å². The van der Waals surface area contributed by atoms with Crippen molar-refractivity contribution in [1.82, 2.24) is 4.90 Å². The van der Waals surface area contributed by atoms with Gasteiger partial charge in [-0.15, -0.1) is 0 Å². The number of carbonyl (C=O) groups is 1. The minimum absolute atomic E-state index is 0.0288. The van der Waals surface area contributed by atoms with Crippen LogP contribution in [0, 0.1) is 11.3 Å². The van der Waals surface area contributed by atoms with Crippen LogP contribution in [0.3, 0.4) is 0 Å². The summed E-state index contributed by atoms with van der Waals surface area (Å²) in [5, 5.41) is 14.4. The zero-order valence-electron chi connectivity index (χ0n) is 16.2. The summed E-state index contributed by atoms with van der Waals surface area (Å²) in [5.41, 5.74) is 2.22. The monoisotopic (exact) mass is 512 g/mol. The lowest BCUT2D eigenvalue weighted by Crippen LogP contribution is -2.68. The Bertz CT molecular complexity index is 849. The van der Waals surface area contributed by atoms with Gasteiger partial charge in [0.15, 0.2) is 0 Å². The maximum absolute atomic E-state index is 12.9. The van der Waals surface area contributed by atoms with Crippen molar-refractivity contribution < 1.29 is 14.6 Å². The highest BCUT2D eigenvalue weighted by Gasteiger charge is 2.70. The summed E-state index contributed by atoms with van der Waals surface area (Å²) in [5.74, 6) is -0.344. The summed E-state index contributed by atoms with van der Waals surface area (Å²) < 4.78 is 7.32. The average molecular weight is 514 g/mol. The van der Waals surface area contributed by atoms with Crippen LogP contribution in [-0.2, 0) is 14.9 Å². The quantitative estimate of drug-likeness (QED) is 0.591. The van der Waals surface area contributed by atoms with E-state index in [1.807, 2.05) is 0 Å². The number of nitrogens with zero attached hydrogens (tertiary/aromatic N) is 1. The topological polar surface area (TPSA) is 61.8 Å². The first-order valence-electron chi connectivity index (χ1n) is 10.1. The molecule has 0 unspecified atom stereocenters. The molecular weight excluding hydrogens is 488 g/mol. The number of aliphatic hydroxyl groups excluding tert-OH is 1. The third-order valence-corrected chi connectivity index (χ3v) is 9.84. The fourth-order valence-electron chi connectivity index (χ4n) is 7.15. The molecule has 1 aromatic rings. The van der Waals surface area contributed by atoms with E-state index in [0.717, 1.165) is 53.4 Å². The van der Waals surface area contributed by atoms with Gasteiger partial charge in [-0.05, 0) is 87.2 Å². The van der Waals surface area contributed by atoms with Crippen LogP contribution in [0.1, 0.15) is 38.2 Å². The number of piperidine rings is 1. The van der Waals surface area contributed by atoms with E-state index in [9.17, 15) is 9.90 Å². The third kappa shape index (κ3) is 2.33. The van der Waals surface area contributed by atoms with Gasteiger partial charge in [-0.25, -0.2) is 0 Å². The highest BCUT2D eigenvalue weighted by Crippen LogP contribution is 2.65. The van der Waals surface area contributed by atoms with Gasteiger partial charge in [-0.1, -0.05) is 6.92 Å². The number of hydrogen-bond acceptors (Lipinski definition) is 5. The van der Waals surface area contributed by atoms with E-state index in [-0.39, 0.29) is 34.9 Å². The van der Waals surface area contributed by atoms with E-state index in [2.05, 4.69) is 61.1 Å². The van der Waals surface area contributed by atoms with Crippen molar-refractivity contribution in [1.29, 1.82) is 0 Å². The lowest BCUT2D eigenvalue weighted by atomic mass is 9.49. The summed E-state index contributed by atoms with van der Waals surface area (Å²) in [6.07, 6.45) is 3.16. The second-order valence-electron chi connectivity index (χ2n) is 9.03. The third-order valence-electron chi connectivity index (χ3n) is 8.00. The molecule has 2 saturated heterocycles. The van der Waals surface area contributed by atoms with Crippen LogP contribution in [0.25, 0.3) is 0 Å². The number of methoxy groups -OCH3 is 1. The predicted octanol–water partition coefficient (Wildman–Crippen LogP) is 3.67. The van der Waals surface area contributed by atoms with Crippen molar-refractivity contribution >= 4 is 43.5 Å². The van der Waals surface area contributed by atoms with Crippen molar-refractivity contribution in [3.8, 4) is 0 Å². The molecule has 1 spiro atoms. The Morgan fingerprint density at radius 3 is 2.82 bits per heavy atom. The molecule has 0 aromatic heterocycles. The van der Waals surface area contributed by atoms with Crippen molar-refractivity contribution in [3.05, 3.63) is 26.6 Å². The van der Waals surface area contributed by atoms with Crippen molar-refractivity contribution in [2.45, 2.75) is 56.2 Å². The molecule has 152 valence electrons. The van der Waals surface area contributed by atoms with Gasteiger partial charge in [0.25, 0.3) is 0 Å². The van der Waals surface area contributed by atoms with Gasteiger partial charge < -0.3 is 15.2 Å². The maximum atomic E-state index is 12.9. The Morgan fingerprint density at radius 1 is 1.36 bits per heavy atom. The van der Waals surface area contributed by atoms with Crippen LogP contribution in [0.15, 0.2) is 21.1 Å². The molecule has 4 aliphatic rings. The number of ether oxygens (including phenoxy) is 1. The van der Waals surface area contributed by atoms with Crippen LogP contribution in [0.4, 0.5) is 5.69 Å². The molecule has 3 heterocycles. The van der Waals surface area contributed by atoms with Gasteiger partial charge in [0, 0.05) is 32.6 Å². The zero-order valence-corrected chi connectivity index (χ0v) is 19.3. The van der Waals surface area contributed by atoms with Crippen LogP contribution in [-0.4, -0.2) is 54.4 Å². The van der Waals surface area contributed by atoms with Crippen LogP contribution < -0.4 is 5.32 Å². The molecule has 0 amide bonds. The van der Waals surface area contributed by atoms with Crippen LogP contribution in [0.2, 0.25) is 0 Å². The summed E-state index contributed by atoms with van der Waals surface area (Å²) in [4.78, 5) is 15.4. The lowest BCUT2D eigenvalue weighted by Gasteiger charge is -2.60. The maximum Gasteiger partial charge on any atom is 0.310 e. The molecule has 1 aliphatic carbocycles.